The van der Waals surface area contributed by atoms with E-state index < -0.39 is 44.1 Å². The molecule has 0 fully saturated rings. The molecule has 0 amide bonds. The van der Waals surface area contributed by atoms with Gasteiger partial charge in [-0.1, -0.05) is 11.6 Å². The normalized spacial score (nSPS) is 17.6. The van der Waals surface area contributed by atoms with Crippen molar-refractivity contribution in [2.75, 3.05) is 11.2 Å². The standard InChI is InChI=1S/C12H9ClF3N5O4S/c1-26-11-18-9(17)4-8(13)19(11)10-6(20(22)23)2-5(12(14,15)16)3-7(10)21(24)25/h2-4,11H,1H3,(H2,17,18). The molecule has 1 unspecified atom stereocenters. The zero-order valence-corrected chi connectivity index (χ0v) is 14.3. The molecule has 2 N–H and O–H groups in total. The van der Waals surface area contributed by atoms with Crippen molar-refractivity contribution in [3.8, 4) is 0 Å². The number of amidine groups is 1. The quantitative estimate of drug-likeness (QED) is 0.456. The van der Waals surface area contributed by atoms with Crippen LogP contribution in [0.2, 0.25) is 0 Å². The van der Waals surface area contributed by atoms with Gasteiger partial charge in [0.1, 0.15) is 11.0 Å². The molecular weight excluding hydrogens is 403 g/mol. The minimum absolute atomic E-state index is 0.0391. The van der Waals surface area contributed by atoms with Crippen molar-refractivity contribution in [1.82, 2.24) is 0 Å². The Morgan fingerprint density at radius 1 is 1.27 bits per heavy atom. The van der Waals surface area contributed by atoms with Crippen LogP contribution in [-0.2, 0) is 6.18 Å². The van der Waals surface area contributed by atoms with E-state index in [0.29, 0.717) is 0 Å². The first-order valence-electron chi connectivity index (χ1n) is 6.54. The van der Waals surface area contributed by atoms with Gasteiger partial charge in [-0.05, 0) is 6.26 Å². The molecule has 1 aliphatic heterocycles. The van der Waals surface area contributed by atoms with Gasteiger partial charge in [-0.3, -0.25) is 25.1 Å². The van der Waals surface area contributed by atoms with Crippen molar-refractivity contribution in [3.63, 3.8) is 0 Å². The van der Waals surface area contributed by atoms with Gasteiger partial charge in [0.15, 0.2) is 5.50 Å². The topological polar surface area (TPSA) is 128 Å². The molecule has 140 valence electrons. The molecule has 0 aliphatic carbocycles. The number of halogens is 4. The molecule has 0 saturated heterocycles. The van der Waals surface area contributed by atoms with Gasteiger partial charge in [0.2, 0.25) is 5.69 Å². The average molecular weight is 412 g/mol. The molecule has 26 heavy (non-hydrogen) atoms. The third-order valence-electron chi connectivity index (χ3n) is 3.22. The van der Waals surface area contributed by atoms with E-state index in [0.717, 1.165) is 22.7 Å². The van der Waals surface area contributed by atoms with Gasteiger partial charge < -0.3 is 5.73 Å². The number of anilines is 1. The third-order valence-corrected chi connectivity index (χ3v) is 4.25. The summed E-state index contributed by atoms with van der Waals surface area (Å²) in [4.78, 5) is 25.2. The van der Waals surface area contributed by atoms with Crippen molar-refractivity contribution in [3.05, 3.63) is 49.2 Å². The first-order valence-corrected chi connectivity index (χ1v) is 8.20. The Hall–Kier alpha value is -2.54. The van der Waals surface area contributed by atoms with Gasteiger partial charge >= 0.3 is 17.6 Å². The minimum Gasteiger partial charge on any atom is -0.384 e. The maximum absolute atomic E-state index is 13.0. The smallest absolute Gasteiger partial charge is 0.384 e. The highest BCUT2D eigenvalue weighted by Crippen LogP contribution is 2.46. The van der Waals surface area contributed by atoms with Gasteiger partial charge in [-0.2, -0.15) is 13.2 Å². The fourth-order valence-corrected chi connectivity index (χ4v) is 3.19. The zero-order chi connectivity index (χ0) is 19.8. The summed E-state index contributed by atoms with van der Waals surface area (Å²) in [6.07, 6.45) is -2.41. The second kappa shape index (κ2) is 6.99. The molecule has 1 aromatic rings. The number of rotatable bonds is 4. The number of nitro groups is 2. The van der Waals surface area contributed by atoms with Crippen LogP contribution in [0.4, 0.5) is 30.2 Å². The Morgan fingerprint density at radius 2 is 1.77 bits per heavy atom. The molecule has 0 saturated carbocycles. The Balaban J connectivity index is 2.84. The van der Waals surface area contributed by atoms with E-state index in [-0.39, 0.29) is 23.1 Å². The van der Waals surface area contributed by atoms with Crippen LogP contribution in [0.5, 0.6) is 0 Å². The Morgan fingerprint density at radius 3 is 2.15 bits per heavy atom. The molecule has 0 aromatic heterocycles. The first-order chi connectivity index (χ1) is 12.0. The number of hydrogen-bond donors (Lipinski definition) is 1. The van der Waals surface area contributed by atoms with E-state index in [9.17, 15) is 33.4 Å². The lowest BCUT2D eigenvalue weighted by molar-refractivity contribution is -0.393. The number of aliphatic imine (C=N–C) groups is 1. The molecule has 2 rings (SSSR count). The van der Waals surface area contributed by atoms with Gasteiger partial charge in [-0.25, -0.2) is 4.99 Å². The lowest BCUT2D eigenvalue weighted by Gasteiger charge is -2.31. The molecule has 0 radical (unpaired) electrons. The maximum Gasteiger partial charge on any atom is 0.416 e. The highest BCUT2D eigenvalue weighted by molar-refractivity contribution is 7.99. The lowest BCUT2D eigenvalue weighted by atomic mass is 10.1. The molecule has 1 aliphatic rings. The van der Waals surface area contributed by atoms with Crippen molar-refractivity contribution in [1.29, 1.82) is 0 Å². The maximum atomic E-state index is 13.0. The number of benzene rings is 1. The van der Waals surface area contributed by atoms with E-state index in [4.69, 9.17) is 17.3 Å². The summed E-state index contributed by atoms with van der Waals surface area (Å²) >= 11 is 6.99. The molecule has 14 heteroatoms. The third kappa shape index (κ3) is 3.67. The van der Waals surface area contributed by atoms with Crippen LogP contribution in [0.1, 0.15) is 5.56 Å². The van der Waals surface area contributed by atoms with Crippen molar-refractivity contribution >= 4 is 46.3 Å². The highest BCUT2D eigenvalue weighted by atomic mass is 35.5. The molecule has 1 atom stereocenters. The van der Waals surface area contributed by atoms with E-state index >= 15 is 0 Å². The first kappa shape index (κ1) is 19.8. The summed E-state index contributed by atoms with van der Waals surface area (Å²) in [5, 5.41) is 22.4. The second-order valence-electron chi connectivity index (χ2n) is 4.83. The highest BCUT2D eigenvalue weighted by Gasteiger charge is 2.41. The predicted octanol–water partition coefficient (Wildman–Crippen LogP) is 3.43. The van der Waals surface area contributed by atoms with Crippen LogP contribution in [0, 0.1) is 20.2 Å². The van der Waals surface area contributed by atoms with E-state index in [1.54, 1.807) is 0 Å². The summed E-state index contributed by atoms with van der Waals surface area (Å²) in [6.45, 7) is 0. The summed E-state index contributed by atoms with van der Waals surface area (Å²) in [5.74, 6) is -0.0391. The van der Waals surface area contributed by atoms with Gasteiger partial charge in [0, 0.05) is 18.2 Å². The van der Waals surface area contributed by atoms with E-state index in [2.05, 4.69) is 4.99 Å². The van der Waals surface area contributed by atoms with Crippen LogP contribution >= 0.6 is 23.4 Å². The second-order valence-corrected chi connectivity index (χ2v) is 6.11. The molecular formula is C12H9ClF3N5O4S. The fraction of sp³-hybridized carbons (Fsp3) is 0.250. The Bertz CT molecular complexity index is 810. The lowest BCUT2D eigenvalue weighted by Crippen LogP contribution is -2.36. The Labute approximate surface area is 152 Å². The van der Waals surface area contributed by atoms with Crippen LogP contribution in [0.25, 0.3) is 0 Å². The van der Waals surface area contributed by atoms with Crippen molar-refractivity contribution in [2.45, 2.75) is 11.7 Å². The number of nitrogens with zero attached hydrogens (tertiary/aromatic N) is 4. The summed E-state index contributed by atoms with van der Waals surface area (Å²) in [5.41, 5.74) is -0.00758. The number of nitro benzene ring substituents is 2. The van der Waals surface area contributed by atoms with Crippen molar-refractivity contribution in [2.24, 2.45) is 10.7 Å². The summed E-state index contributed by atoms with van der Waals surface area (Å²) in [7, 11) is 0. The van der Waals surface area contributed by atoms with Gasteiger partial charge in [-0.15, -0.1) is 11.8 Å². The fourth-order valence-electron chi connectivity index (χ4n) is 2.19. The van der Waals surface area contributed by atoms with E-state index in [1.165, 1.54) is 6.26 Å². The molecule has 1 aromatic carbocycles. The minimum atomic E-state index is -5.02. The Kier molecular flexibility index (Phi) is 5.32. The summed E-state index contributed by atoms with van der Waals surface area (Å²) < 4.78 is 38.9. The number of nitrogens with two attached hydrogens (primary N) is 1. The largest absolute Gasteiger partial charge is 0.416 e. The number of alkyl halides is 3. The van der Waals surface area contributed by atoms with Crippen LogP contribution < -0.4 is 10.6 Å². The zero-order valence-electron chi connectivity index (χ0n) is 12.7. The van der Waals surface area contributed by atoms with Gasteiger partial charge in [0.25, 0.3) is 0 Å². The monoisotopic (exact) mass is 411 g/mol. The SMILES string of the molecule is CSC1N=C(N)C=C(Cl)N1c1c([N+](=O)[O-])cc(C(F)(F)F)cc1[N+](=O)[O-]. The molecule has 1 heterocycles. The molecule has 0 bridgehead atoms. The van der Waals surface area contributed by atoms with Gasteiger partial charge in [0.05, 0.1) is 15.4 Å². The predicted molar refractivity (Wildman–Crippen MR) is 90.1 cm³/mol. The molecule has 0 spiro atoms. The van der Waals surface area contributed by atoms with Crippen LogP contribution in [0.3, 0.4) is 0 Å². The van der Waals surface area contributed by atoms with Crippen LogP contribution in [0.15, 0.2) is 28.4 Å². The summed E-state index contributed by atoms with van der Waals surface area (Å²) in [6, 6.07) is 0.428. The number of hydrogen-bond acceptors (Lipinski definition) is 8. The number of thioether (sulfide) groups is 1. The van der Waals surface area contributed by atoms with E-state index in [1.807, 2.05) is 0 Å². The van der Waals surface area contributed by atoms with Crippen LogP contribution in [-0.4, -0.2) is 27.4 Å². The molecule has 9 nitrogen and oxygen atoms in total. The average Bonchev–Trinajstić information content (AvgIpc) is 2.51. The van der Waals surface area contributed by atoms with Crippen molar-refractivity contribution < 1.29 is 23.0 Å².